The molecule has 3 aromatic rings. The van der Waals surface area contributed by atoms with Crippen LogP contribution < -0.4 is 20.7 Å². The van der Waals surface area contributed by atoms with Crippen molar-refractivity contribution in [3.8, 4) is 16.9 Å². The Morgan fingerprint density at radius 2 is 1.74 bits per heavy atom. The molecule has 1 fully saturated rings. The number of piperidine rings is 1. The Labute approximate surface area is 228 Å². The van der Waals surface area contributed by atoms with E-state index in [9.17, 15) is 23.1 Å². The number of amides is 1. The summed E-state index contributed by atoms with van der Waals surface area (Å²) in [5, 5.41) is 12.7. The summed E-state index contributed by atoms with van der Waals surface area (Å²) in [6.07, 6.45) is 2.16. The van der Waals surface area contributed by atoms with Crippen molar-refractivity contribution in [3.63, 3.8) is 0 Å². The fraction of sp³-hybridized carbons (Fsp3) is 0.280. The topological polar surface area (TPSA) is 101 Å². The lowest BCUT2D eigenvalue weighted by Crippen LogP contribution is -2.55. The number of halogens is 6. The van der Waals surface area contributed by atoms with Gasteiger partial charge in [0.05, 0.1) is 47.5 Å². The minimum absolute atomic E-state index is 0. The molecule has 1 aromatic heterocycles. The highest BCUT2D eigenvalue weighted by Gasteiger charge is 2.32. The lowest BCUT2D eigenvalue weighted by atomic mass is 9.92. The number of benzene rings is 2. The number of aliphatic hydroxyl groups excluding tert-OH is 1. The van der Waals surface area contributed by atoms with Crippen molar-refractivity contribution in [2.24, 2.45) is 11.7 Å². The van der Waals surface area contributed by atoms with Crippen LogP contribution in [0.25, 0.3) is 11.1 Å². The first-order chi connectivity index (χ1) is 17.1. The summed E-state index contributed by atoms with van der Waals surface area (Å²) < 4.78 is 63.9. The van der Waals surface area contributed by atoms with E-state index in [1.54, 1.807) is 6.07 Å². The predicted molar refractivity (Wildman–Crippen MR) is 140 cm³/mol. The molecule has 2 heterocycles. The summed E-state index contributed by atoms with van der Waals surface area (Å²) in [7, 11) is 1.19. The van der Waals surface area contributed by atoms with E-state index in [0.717, 1.165) is 24.3 Å². The highest BCUT2D eigenvalue weighted by atomic mass is 35.5. The van der Waals surface area contributed by atoms with E-state index in [4.69, 9.17) is 10.5 Å². The molecule has 2 aromatic carbocycles. The van der Waals surface area contributed by atoms with Crippen LogP contribution >= 0.6 is 24.8 Å². The van der Waals surface area contributed by atoms with Gasteiger partial charge >= 0.3 is 0 Å². The number of aromatic nitrogens is 1. The van der Waals surface area contributed by atoms with Gasteiger partial charge in [-0.25, -0.2) is 17.6 Å². The zero-order valence-corrected chi connectivity index (χ0v) is 21.9. The Balaban J connectivity index is 0.00000253. The molecule has 206 valence electrons. The first-order valence-electron chi connectivity index (χ1n) is 11.1. The van der Waals surface area contributed by atoms with Crippen LogP contribution in [-0.2, 0) is 0 Å². The van der Waals surface area contributed by atoms with Crippen LogP contribution in [0.5, 0.6) is 5.75 Å². The van der Waals surface area contributed by atoms with Gasteiger partial charge in [0.2, 0.25) is 0 Å². The van der Waals surface area contributed by atoms with Crippen molar-refractivity contribution in [3.05, 3.63) is 71.6 Å². The standard InChI is InChI=1S/C25H24F4N4O3.2ClH/c1-12-10-33(11-18(30)24(12)34)20-5-6-31-9-19(20)32-25(35)14-3-4-15(26)22(23(14)29)21-16(27)7-13(36-2)8-17(21)28;;/h3-9,12,18,24,34H,10-11,30H2,1-2H3,(H,32,35);2*1H/t12-,18+,24+;;/m0../s1. The number of aliphatic hydroxyl groups is 1. The smallest absolute Gasteiger partial charge is 0.258 e. The fourth-order valence-corrected chi connectivity index (χ4v) is 4.32. The van der Waals surface area contributed by atoms with Crippen molar-refractivity contribution in [1.82, 2.24) is 4.98 Å². The second-order valence-electron chi connectivity index (χ2n) is 8.63. The van der Waals surface area contributed by atoms with Crippen molar-refractivity contribution >= 4 is 42.1 Å². The van der Waals surface area contributed by atoms with Gasteiger partial charge in [-0.3, -0.25) is 9.78 Å². The third-order valence-electron chi connectivity index (χ3n) is 6.19. The number of hydrogen-bond donors (Lipinski definition) is 3. The van der Waals surface area contributed by atoms with E-state index in [0.29, 0.717) is 18.8 Å². The van der Waals surface area contributed by atoms with Gasteiger partial charge in [-0.05, 0) is 18.2 Å². The van der Waals surface area contributed by atoms with Gasteiger partial charge in [-0.2, -0.15) is 0 Å². The third-order valence-corrected chi connectivity index (χ3v) is 6.19. The highest BCUT2D eigenvalue weighted by molar-refractivity contribution is 6.06. The molecule has 7 nitrogen and oxygen atoms in total. The Kier molecular flexibility index (Phi) is 10.3. The first-order valence-corrected chi connectivity index (χ1v) is 11.1. The number of nitrogens with one attached hydrogen (secondary N) is 1. The number of carbonyl (C=O) groups excluding carboxylic acids is 1. The van der Waals surface area contributed by atoms with E-state index in [1.165, 1.54) is 19.5 Å². The molecule has 1 saturated heterocycles. The number of hydrogen-bond acceptors (Lipinski definition) is 6. The fourth-order valence-electron chi connectivity index (χ4n) is 4.32. The summed E-state index contributed by atoms with van der Waals surface area (Å²) in [6.45, 7) is 2.57. The van der Waals surface area contributed by atoms with Crippen LogP contribution in [-0.4, -0.2) is 48.3 Å². The van der Waals surface area contributed by atoms with E-state index < -0.39 is 58.0 Å². The van der Waals surface area contributed by atoms with Gasteiger partial charge in [0.1, 0.15) is 29.0 Å². The number of nitrogens with two attached hydrogens (primary N) is 1. The van der Waals surface area contributed by atoms with E-state index in [-0.39, 0.29) is 42.2 Å². The molecule has 1 amide bonds. The van der Waals surface area contributed by atoms with Crippen molar-refractivity contribution in [2.45, 2.75) is 19.1 Å². The first kappa shape index (κ1) is 31.1. The largest absolute Gasteiger partial charge is 0.497 e. The second-order valence-corrected chi connectivity index (χ2v) is 8.63. The molecule has 13 heteroatoms. The highest BCUT2D eigenvalue weighted by Crippen LogP contribution is 2.35. The molecule has 3 atom stereocenters. The lowest BCUT2D eigenvalue weighted by Gasteiger charge is -2.40. The molecule has 0 unspecified atom stereocenters. The van der Waals surface area contributed by atoms with Crippen molar-refractivity contribution in [2.75, 3.05) is 30.4 Å². The van der Waals surface area contributed by atoms with Crippen molar-refractivity contribution in [1.29, 1.82) is 0 Å². The van der Waals surface area contributed by atoms with Crippen LogP contribution in [0.1, 0.15) is 17.3 Å². The van der Waals surface area contributed by atoms with Gasteiger partial charge in [-0.1, -0.05) is 6.92 Å². The Bertz CT molecular complexity index is 1280. The predicted octanol–water partition coefficient (Wildman–Crippen LogP) is 4.55. The van der Waals surface area contributed by atoms with E-state index in [1.807, 2.05) is 11.8 Å². The number of nitrogens with zero attached hydrogens (tertiary/aromatic N) is 2. The SMILES string of the molecule is COc1cc(F)c(-c2c(F)ccc(C(=O)Nc3cnccc3N3C[C@@H](N)[C@H](O)[C@@H](C)C3)c2F)c(F)c1.Cl.Cl. The summed E-state index contributed by atoms with van der Waals surface area (Å²) in [5.41, 5.74) is 4.17. The molecule has 0 aliphatic carbocycles. The molecule has 38 heavy (non-hydrogen) atoms. The number of methoxy groups -OCH3 is 1. The summed E-state index contributed by atoms with van der Waals surface area (Å²) in [4.78, 5) is 18.9. The van der Waals surface area contributed by atoms with Crippen molar-refractivity contribution < 1.29 is 32.2 Å². The third kappa shape index (κ3) is 5.96. The Hall–Kier alpha value is -3.12. The monoisotopic (exact) mass is 576 g/mol. The average molecular weight is 577 g/mol. The molecule has 1 aliphatic rings. The quantitative estimate of drug-likeness (QED) is 0.385. The molecule has 4 N–H and O–H groups in total. The number of carbonyl (C=O) groups is 1. The molecule has 1 aliphatic heterocycles. The Morgan fingerprint density at radius 3 is 2.34 bits per heavy atom. The zero-order chi connectivity index (χ0) is 26.1. The molecular formula is C25H26Cl2F4N4O3. The minimum Gasteiger partial charge on any atom is -0.497 e. The van der Waals surface area contributed by atoms with Gasteiger partial charge in [0, 0.05) is 43.4 Å². The van der Waals surface area contributed by atoms with Gasteiger partial charge < -0.3 is 25.8 Å². The lowest BCUT2D eigenvalue weighted by molar-refractivity contribution is 0.0785. The van der Waals surface area contributed by atoms with Crippen LogP contribution in [0.4, 0.5) is 28.9 Å². The second kappa shape index (κ2) is 12.6. The molecule has 0 spiro atoms. The summed E-state index contributed by atoms with van der Waals surface area (Å²) >= 11 is 0. The number of rotatable bonds is 5. The minimum atomic E-state index is -1.43. The van der Waals surface area contributed by atoms with Gasteiger partial charge in [0.25, 0.3) is 5.91 Å². The van der Waals surface area contributed by atoms with Crippen LogP contribution in [0.15, 0.2) is 42.7 Å². The summed E-state index contributed by atoms with van der Waals surface area (Å²) in [5.74, 6) is -6.50. The molecule has 0 saturated carbocycles. The Morgan fingerprint density at radius 1 is 1.08 bits per heavy atom. The maximum absolute atomic E-state index is 15.4. The number of ether oxygens (including phenoxy) is 1. The van der Waals surface area contributed by atoms with Gasteiger partial charge in [0.15, 0.2) is 0 Å². The molecular weight excluding hydrogens is 551 g/mol. The van der Waals surface area contributed by atoms with Gasteiger partial charge in [-0.15, -0.1) is 24.8 Å². The van der Waals surface area contributed by atoms with E-state index >= 15 is 4.39 Å². The number of pyridine rings is 1. The molecule has 0 radical (unpaired) electrons. The molecule has 0 bridgehead atoms. The maximum atomic E-state index is 15.4. The van der Waals surface area contributed by atoms with Crippen LogP contribution in [0.2, 0.25) is 0 Å². The van der Waals surface area contributed by atoms with Crippen LogP contribution in [0.3, 0.4) is 0 Å². The summed E-state index contributed by atoms with van der Waals surface area (Å²) in [6, 6.07) is 4.31. The number of anilines is 2. The normalized spacial score (nSPS) is 18.7. The van der Waals surface area contributed by atoms with Crippen LogP contribution in [0, 0.1) is 29.2 Å². The maximum Gasteiger partial charge on any atom is 0.258 e. The van der Waals surface area contributed by atoms with E-state index in [2.05, 4.69) is 10.3 Å². The molecule has 4 rings (SSSR count). The average Bonchev–Trinajstić information content (AvgIpc) is 2.83. The zero-order valence-electron chi connectivity index (χ0n) is 20.3.